The molecule has 0 rings (SSSR count). The molecule has 0 aliphatic rings. The summed E-state index contributed by atoms with van der Waals surface area (Å²) in [6.07, 6.45) is 0. The molecule has 0 aliphatic carbocycles. The molecule has 0 saturated heterocycles. The fraction of sp³-hybridized carbons (Fsp3) is 1.00. The Labute approximate surface area is 146 Å². The van der Waals surface area contributed by atoms with Gasteiger partial charge in [0.05, 0.1) is 26.4 Å². The Balaban J connectivity index is 0. The van der Waals surface area contributed by atoms with Crippen molar-refractivity contribution in [2.24, 2.45) is 0 Å². The zero-order valence-corrected chi connectivity index (χ0v) is 17.9. The van der Waals surface area contributed by atoms with E-state index in [4.69, 9.17) is 60.7 Å². The Morgan fingerprint density at radius 2 is 0.818 bits per heavy atom. The molecule has 0 heterocycles. The van der Waals surface area contributed by atoms with Crippen LogP contribution in [0.4, 0.5) is 0 Å². The van der Waals surface area contributed by atoms with Crippen LogP contribution in [0, 0.1) is 0 Å². The Morgan fingerprint density at radius 1 is 0.636 bits per heavy atom. The van der Waals surface area contributed by atoms with Gasteiger partial charge in [-0.2, -0.15) is 0 Å². The molecule has 3 N–H and O–H groups in total. The van der Waals surface area contributed by atoms with Crippen LogP contribution in [0.3, 0.4) is 0 Å². The molecular weight excluding hydrogens is 413 g/mol. The topological polar surface area (TPSA) is 107 Å². The maximum atomic E-state index is 7.56. The van der Waals surface area contributed by atoms with Crippen LogP contribution in [0.15, 0.2) is 0 Å². The summed E-state index contributed by atoms with van der Waals surface area (Å²) in [6.45, 7) is -0.719. The second-order valence-corrected chi connectivity index (χ2v) is 11.8. The summed E-state index contributed by atoms with van der Waals surface area (Å²) in [5.41, 5.74) is 0. The lowest BCUT2D eigenvalue weighted by Crippen LogP contribution is -2.03. The summed E-state index contributed by atoms with van der Waals surface area (Å²) in [4.78, 5) is 22.7. The molecule has 0 amide bonds. The monoisotopic (exact) mass is 436 g/mol. The van der Waals surface area contributed by atoms with Gasteiger partial charge in [0.1, 0.15) is 0 Å². The van der Waals surface area contributed by atoms with Crippen molar-refractivity contribution in [1.82, 2.24) is 0 Å². The highest BCUT2D eigenvalue weighted by Crippen LogP contribution is 2.66. The SMILES string of the molecule is CCOP(=S)(OCC)OP(=S)(OCC)OCC.OP(O)(O)=S. The molecule has 0 spiro atoms. The summed E-state index contributed by atoms with van der Waals surface area (Å²) >= 11 is 14.0. The second kappa shape index (κ2) is 12.9. The zero-order chi connectivity index (χ0) is 17.9. The van der Waals surface area contributed by atoms with E-state index in [-0.39, 0.29) is 0 Å². The highest BCUT2D eigenvalue weighted by Gasteiger charge is 2.31. The summed E-state index contributed by atoms with van der Waals surface area (Å²) in [7, 11) is 0. The molecule has 22 heavy (non-hydrogen) atoms. The van der Waals surface area contributed by atoms with E-state index in [9.17, 15) is 0 Å². The number of hydrogen-bond acceptors (Lipinski definition) is 8. The third kappa shape index (κ3) is 16.5. The van der Waals surface area contributed by atoms with Gasteiger partial charge in [-0.15, -0.1) is 0 Å². The molecule has 8 nitrogen and oxygen atoms in total. The number of rotatable bonds is 10. The maximum Gasteiger partial charge on any atom is 0.334 e. The lowest BCUT2D eigenvalue weighted by atomic mass is 10.9. The lowest BCUT2D eigenvalue weighted by Gasteiger charge is -2.27. The Kier molecular flexibility index (Phi) is 15.2. The molecule has 0 fully saturated rings. The van der Waals surface area contributed by atoms with E-state index in [1.54, 1.807) is 0 Å². The largest absolute Gasteiger partial charge is 0.334 e. The first-order chi connectivity index (χ1) is 9.95. The molecule has 0 bridgehead atoms. The van der Waals surface area contributed by atoms with E-state index in [0.717, 1.165) is 0 Å². The van der Waals surface area contributed by atoms with E-state index in [0.29, 0.717) is 26.4 Å². The minimum Gasteiger partial charge on any atom is -0.325 e. The molecule has 0 atom stereocenters. The van der Waals surface area contributed by atoms with Crippen LogP contribution < -0.4 is 0 Å². The molecule has 0 aromatic heterocycles. The van der Waals surface area contributed by atoms with Gasteiger partial charge in [-0.1, -0.05) is 0 Å². The Bertz CT molecular complexity index is 373. The molecule has 0 aromatic carbocycles. The van der Waals surface area contributed by atoms with Crippen LogP contribution in [0.25, 0.3) is 0 Å². The third-order valence-corrected chi connectivity index (χ3v) is 7.71. The van der Waals surface area contributed by atoms with Crippen LogP contribution in [-0.2, 0) is 57.8 Å². The van der Waals surface area contributed by atoms with Gasteiger partial charge >= 0.3 is 20.2 Å². The van der Waals surface area contributed by atoms with Gasteiger partial charge in [0.15, 0.2) is 0 Å². The van der Waals surface area contributed by atoms with E-state index < -0.39 is 20.2 Å². The normalized spacial score (nSPS) is 12.7. The fourth-order valence-electron chi connectivity index (χ4n) is 0.924. The van der Waals surface area contributed by atoms with Crippen LogP contribution in [-0.4, -0.2) is 41.1 Å². The van der Waals surface area contributed by atoms with Crippen molar-refractivity contribution in [3.8, 4) is 0 Å². The number of hydrogen-bond donors (Lipinski definition) is 3. The highest BCUT2D eigenvalue weighted by molar-refractivity contribution is 8.14. The van der Waals surface area contributed by atoms with Crippen molar-refractivity contribution in [2.75, 3.05) is 26.4 Å². The van der Waals surface area contributed by atoms with Gasteiger partial charge < -0.3 is 32.8 Å². The van der Waals surface area contributed by atoms with Crippen LogP contribution >= 0.6 is 20.2 Å². The molecule has 0 aromatic rings. The average molecular weight is 436 g/mol. The van der Waals surface area contributed by atoms with Crippen LogP contribution in [0.1, 0.15) is 27.7 Å². The van der Waals surface area contributed by atoms with Crippen molar-refractivity contribution in [1.29, 1.82) is 0 Å². The van der Waals surface area contributed by atoms with Crippen molar-refractivity contribution in [2.45, 2.75) is 27.7 Å². The smallest absolute Gasteiger partial charge is 0.325 e. The van der Waals surface area contributed by atoms with E-state index >= 15 is 0 Å². The first kappa shape index (κ1) is 25.9. The molecule has 0 unspecified atom stereocenters. The molecule has 0 aliphatic heterocycles. The molecular formula is C8H23O8P3S3. The molecule has 0 radical (unpaired) electrons. The summed E-state index contributed by atoms with van der Waals surface area (Å²) in [5, 5.41) is 0. The van der Waals surface area contributed by atoms with Gasteiger partial charge in [-0.3, -0.25) is 0 Å². The van der Waals surface area contributed by atoms with Crippen molar-refractivity contribution in [3.05, 3.63) is 0 Å². The van der Waals surface area contributed by atoms with Gasteiger partial charge in [0.2, 0.25) is 0 Å². The molecule has 14 heteroatoms. The Hall–Kier alpha value is 1.63. The van der Waals surface area contributed by atoms with E-state index in [1.807, 2.05) is 27.7 Å². The van der Waals surface area contributed by atoms with Gasteiger partial charge in [-0.25, -0.2) is 4.31 Å². The van der Waals surface area contributed by atoms with Crippen LogP contribution in [0.5, 0.6) is 0 Å². The molecule has 136 valence electrons. The fourth-order valence-corrected chi connectivity index (χ4v) is 7.30. The zero-order valence-electron chi connectivity index (χ0n) is 12.8. The molecule has 0 saturated carbocycles. The van der Waals surface area contributed by atoms with Gasteiger partial charge in [-0.05, 0) is 63.1 Å². The Morgan fingerprint density at radius 3 is 0.955 bits per heavy atom. The van der Waals surface area contributed by atoms with Crippen molar-refractivity contribution < 1.29 is 37.1 Å². The second-order valence-electron chi connectivity index (χ2n) is 3.16. The first-order valence-electron chi connectivity index (χ1n) is 6.23. The third-order valence-electron chi connectivity index (χ3n) is 1.35. The van der Waals surface area contributed by atoms with Crippen LogP contribution in [0.2, 0.25) is 0 Å². The first-order valence-corrected chi connectivity index (χ1v) is 14.0. The van der Waals surface area contributed by atoms with E-state index in [1.165, 1.54) is 0 Å². The minimum atomic E-state index is -3.81. The summed E-state index contributed by atoms with van der Waals surface area (Å²) in [5.74, 6) is 0. The quantitative estimate of drug-likeness (QED) is 0.440. The average Bonchev–Trinajstić information content (AvgIpc) is 2.26. The maximum absolute atomic E-state index is 7.56. The summed E-state index contributed by atoms with van der Waals surface area (Å²) < 4.78 is 26.9. The minimum absolute atomic E-state index is 0.394. The van der Waals surface area contributed by atoms with E-state index in [2.05, 4.69) is 11.8 Å². The van der Waals surface area contributed by atoms with Gasteiger partial charge in [0, 0.05) is 0 Å². The summed E-state index contributed by atoms with van der Waals surface area (Å²) in [6, 6.07) is 0. The standard InChI is InChI=1S/C8H20O5P2S2.H3O3PS/c1-5-9-14(16,10-6-2)13-15(17,11-7-3)12-8-4;1-4(2,3)5/h5-8H2,1-4H3;(H3,1,2,3,5). The highest BCUT2D eigenvalue weighted by atomic mass is 32.5. The predicted molar refractivity (Wildman–Crippen MR) is 97.1 cm³/mol. The van der Waals surface area contributed by atoms with Gasteiger partial charge in [0.25, 0.3) is 0 Å². The van der Waals surface area contributed by atoms with Crippen molar-refractivity contribution in [3.63, 3.8) is 0 Å². The lowest BCUT2D eigenvalue weighted by molar-refractivity contribution is 0.176. The predicted octanol–water partition coefficient (Wildman–Crippen LogP) is 2.79. The van der Waals surface area contributed by atoms with Crippen molar-refractivity contribution >= 4 is 55.6 Å².